The Kier molecular flexibility index (Phi) is 4.63. The van der Waals surface area contributed by atoms with Crippen LogP contribution in [0.15, 0.2) is 0 Å². The van der Waals surface area contributed by atoms with E-state index in [0.29, 0.717) is 11.2 Å². The van der Waals surface area contributed by atoms with Crippen LogP contribution in [0, 0.1) is 6.92 Å². The minimum absolute atomic E-state index is 0.221. The summed E-state index contributed by atoms with van der Waals surface area (Å²) in [6.07, 6.45) is 2.11. The molecule has 0 aliphatic carbocycles. The monoisotopic (exact) mass is 283 g/mol. The predicted octanol–water partition coefficient (Wildman–Crippen LogP) is 3.00. The molecule has 0 amide bonds. The lowest BCUT2D eigenvalue weighted by Crippen LogP contribution is -2.48. The topological polar surface area (TPSA) is 38.2 Å². The lowest BCUT2D eigenvalue weighted by molar-refractivity contribution is 0.0340. The second-order valence-electron chi connectivity index (χ2n) is 5.27. The van der Waals surface area contributed by atoms with E-state index >= 15 is 0 Å². The van der Waals surface area contributed by atoms with Gasteiger partial charge in [-0.25, -0.2) is 9.97 Å². The van der Waals surface area contributed by atoms with Gasteiger partial charge in [-0.3, -0.25) is 0 Å². The number of morpholine rings is 1. The molecule has 0 N–H and O–H groups in total. The highest BCUT2D eigenvalue weighted by atomic mass is 35.5. The van der Waals surface area contributed by atoms with E-state index < -0.39 is 0 Å². The standard InChI is InChI=1S/C14H22ClN3O/c1-5-6-12-16-13(15)11(4)14(17-12)18-7-10(3)19-8-9(18)2/h9-10H,5-8H2,1-4H3. The first-order chi connectivity index (χ1) is 9.02. The highest BCUT2D eigenvalue weighted by molar-refractivity contribution is 6.30. The fourth-order valence-corrected chi connectivity index (χ4v) is 2.52. The molecule has 19 heavy (non-hydrogen) atoms. The number of anilines is 1. The molecular weight excluding hydrogens is 262 g/mol. The molecule has 1 aromatic rings. The van der Waals surface area contributed by atoms with Crippen LogP contribution in [0.2, 0.25) is 5.15 Å². The number of halogens is 1. The van der Waals surface area contributed by atoms with Gasteiger partial charge in [-0.2, -0.15) is 0 Å². The zero-order valence-corrected chi connectivity index (χ0v) is 12.9. The van der Waals surface area contributed by atoms with E-state index in [-0.39, 0.29) is 6.10 Å². The lowest BCUT2D eigenvalue weighted by Gasteiger charge is -2.38. The fraction of sp³-hybridized carbons (Fsp3) is 0.714. The molecule has 2 heterocycles. The number of hydrogen-bond donors (Lipinski definition) is 0. The number of aryl methyl sites for hydroxylation is 1. The maximum atomic E-state index is 6.25. The third-order valence-corrected chi connectivity index (χ3v) is 3.83. The molecule has 2 unspecified atom stereocenters. The van der Waals surface area contributed by atoms with Crippen molar-refractivity contribution in [3.05, 3.63) is 16.5 Å². The van der Waals surface area contributed by atoms with Gasteiger partial charge in [0.1, 0.15) is 16.8 Å². The molecule has 1 saturated heterocycles. The van der Waals surface area contributed by atoms with Crippen molar-refractivity contribution in [2.75, 3.05) is 18.1 Å². The van der Waals surface area contributed by atoms with Crippen LogP contribution in [0.3, 0.4) is 0 Å². The van der Waals surface area contributed by atoms with Gasteiger partial charge in [0.05, 0.1) is 18.8 Å². The van der Waals surface area contributed by atoms with E-state index in [1.807, 2.05) is 6.92 Å². The summed E-state index contributed by atoms with van der Waals surface area (Å²) in [5, 5.41) is 0.569. The van der Waals surface area contributed by atoms with Gasteiger partial charge in [0.25, 0.3) is 0 Å². The molecule has 1 aromatic heterocycles. The maximum Gasteiger partial charge on any atom is 0.137 e. The first-order valence-corrected chi connectivity index (χ1v) is 7.32. The van der Waals surface area contributed by atoms with E-state index in [0.717, 1.165) is 43.2 Å². The van der Waals surface area contributed by atoms with E-state index in [4.69, 9.17) is 21.3 Å². The minimum atomic E-state index is 0.221. The molecule has 2 atom stereocenters. The smallest absolute Gasteiger partial charge is 0.137 e. The SMILES string of the molecule is CCCc1nc(Cl)c(C)c(N2CC(C)OCC2C)n1. The van der Waals surface area contributed by atoms with Crippen molar-refractivity contribution in [2.24, 2.45) is 0 Å². The van der Waals surface area contributed by atoms with Crippen molar-refractivity contribution in [3.8, 4) is 0 Å². The summed E-state index contributed by atoms with van der Waals surface area (Å²) in [6.45, 7) is 9.92. The average Bonchev–Trinajstić information content (AvgIpc) is 2.37. The van der Waals surface area contributed by atoms with Crippen molar-refractivity contribution in [1.82, 2.24) is 9.97 Å². The van der Waals surface area contributed by atoms with Gasteiger partial charge in [0, 0.05) is 18.5 Å². The Balaban J connectivity index is 2.36. The molecule has 0 spiro atoms. The zero-order chi connectivity index (χ0) is 14.0. The highest BCUT2D eigenvalue weighted by Gasteiger charge is 2.27. The predicted molar refractivity (Wildman–Crippen MR) is 78.0 cm³/mol. The second-order valence-corrected chi connectivity index (χ2v) is 5.63. The molecule has 1 fully saturated rings. The lowest BCUT2D eigenvalue weighted by atomic mass is 10.2. The summed E-state index contributed by atoms with van der Waals surface area (Å²) in [5.41, 5.74) is 0.961. The number of hydrogen-bond acceptors (Lipinski definition) is 4. The van der Waals surface area contributed by atoms with Crippen LogP contribution >= 0.6 is 11.6 Å². The van der Waals surface area contributed by atoms with Crippen LogP contribution in [-0.2, 0) is 11.2 Å². The Bertz CT molecular complexity index is 453. The summed E-state index contributed by atoms with van der Waals surface area (Å²) in [6, 6.07) is 0.315. The van der Waals surface area contributed by atoms with Crippen molar-refractivity contribution in [1.29, 1.82) is 0 Å². The third kappa shape index (κ3) is 3.18. The van der Waals surface area contributed by atoms with Gasteiger partial charge >= 0.3 is 0 Å². The number of aromatic nitrogens is 2. The van der Waals surface area contributed by atoms with Crippen LogP contribution in [-0.4, -0.2) is 35.3 Å². The number of nitrogens with zero attached hydrogens (tertiary/aromatic N) is 3. The van der Waals surface area contributed by atoms with Gasteiger partial charge in [-0.1, -0.05) is 18.5 Å². The molecule has 0 saturated carbocycles. The van der Waals surface area contributed by atoms with Gasteiger partial charge in [-0.15, -0.1) is 0 Å². The minimum Gasteiger partial charge on any atom is -0.375 e. The van der Waals surface area contributed by atoms with Crippen molar-refractivity contribution in [3.63, 3.8) is 0 Å². The number of rotatable bonds is 3. The van der Waals surface area contributed by atoms with Gasteiger partial charge in [0.2, 0.25) is 0 Å². The van der Waals surface area contributed by atoms with E-state index in [1.165, 1.54) is 0 Å². The van der Waals surface area contributed by atoms with Gasteiger partial charge in [0.15, 0.2) is 0 Å². The third-order valence-electron chi connectivity index (χ3n) is 3.46. The molecule has 1 aliphatic rings. The molecule has 0 aromatic carbocycles. The van der Waals surface area contributed by atoms with Gasteiger partial charge < -0.3 is 9.64 Å². The van der Waals surface area contributed by atoms with E-state index in [9.17, 15) is 0 Å². The molecule has 4 nitrogen and oxygen atoms in total. The van der Waals surface area contributed by atoms with Crippen LogP contribution in [0.5, 0.6) is 0 Å². The Morgan fingerprint density at radius 1 is 1.37 bits per heavy atom. The zero-order valence-electron chi connectivity index (χ0n) is 12.1. The first kappa shape index (κ1) is 14.5. The average molecular weight is 284 g/mol. The molecular formula is C14H22ClN3O. The highest BCUT2D eigenvalue weighted by Crippen LogP contribution is 2.27. The Morgan fingerprint density at radius 2 is 2.11 bits per heavy atom. The van der Waals surface area contributed by atoms with Crippen molar-refractivity contribution in [2.45, 2.75) is 52.7 Å². The molecule has 1 aliphatic heterocycles. The number of ether oxygens (including phenoxy) is 1. The molecule has 106 valence electrons. The molecule has 2 rings (SSSR count). The van der Waals surface area contributed by atoms with Crippen molar-refractivity contribution >= 4 is 17.4 Å². The molecule has 5 heteroatoms. The summed E-state index contributed by atoms with van der Waals surface area (Å²) in [5.74, 6) is 1.80. The second kappa shape index (κ2) is 6.06. The summed E-state index contributed by atoms with van der Waals surface area (Å²) in [4.78, 5) is 11.4. The normalized spacial score (nSPS) is 23.7. The Labute approximate surface area is 120 Å². The van der Waals surface area contributed by atoms with Crippen LogP contribution < -0.4 is 4.90 Å². The van der Waals surface area contributed by atoms with Crippen LogP contribution in [0.1, 0.15) is 38.6 Å². The van der Waals surface area contributed by atoms with E-state index in [2.05, 4.69) is 30.7 Å². The summed E-state index contributed by atoms with van der Waals surface area (Å²) >= 11 is 6.25. The van der Waals surface area contributed by atoms with Gasteiger partial charge in [-0.05, 0) is 27.2 Å². The first-order valence-electron chi connectivity index (χ1n) is 6.94. The quantitative estimate of drug-likeness (QED) is 0.800. The van der Waals surface area contributed by atoms with Crippen molar-refractivity contribution < 1.29 is 4.74 Å². The summed E-state index contributed by atoms with van der Waals surface area (Å²) in [7, 11) is 0. The fourth-order valence-electron chi connectivity index (χ4n) is 2.33. The molecule has 0 radical (unpaired) electrons. The summed E-state index contributed by atoms with van der Waals surface area (Å²) < 4.78 is 5.67. The van der Waals surface area contributed by atoms with Crippen LogP contribution in [0.25, 0.3) is 0 Å². The maximum absolute atomic E-state index is 6.25. The Hall–Kier alpha value is -0.870. The van der Waals surface area contributed by atoms with Crippen LogP contribution in [0.4, 0.5) is 5.82 Å². The molecule has 0 bridgehead atoms. The largest absolute Gasteiger partial charge is 0.375 e. The van der Waals surface area contributed by atoms with E-state index in [1.54, 1.807) is 0 Å². The Morgan fingerprint density at radius 3 is 2.79 bits per heavy atom.